The SMILES string of the molecule is COC(=O)CC1CCCCN1S(=O)(=O)CCC(C)(C)C. The number of nitrogens with zero attached hydrogens (tertiary/aromatic N) is 1. The van der Waals surface area contributed by atoms with Crippen LogP contribution in [0.4, 0.5) is 0 Å². The van der Waals surface area contributed by atoms with E-state index >= 15 is 0 Å². The number of rotatable bonds is 5. The molecule has 0 bridgehead atoms. The maximum atomic E-state index is 12.5. The lowest BCUT2D eigenvalue weighted by atomic mass is 9.94. The van der Waals surface area contributed by atoms with Crippen molar-refractivity contribution >= 4 is 16.0 Å². The van der Waals surface area contributed by atoms with Crippen molar-refractivity contribution in [3.63, 3.8) is 0 Å². The molecule has 1 heterocycles. The molecule has 0 amide bonds. The van der Waals surface area contributed by atoms with Crippen LogP contribution in [-0.4, -0.2) is 44.1 Å². The van der Waals surface area contributed by atoms with Gasteiger partial charge in [-0.25, -0.2) is 8.42 Å². The van der Waals surface area contributed by atoms with E-state index in [1.165, 1.54) is 11.4 Å². The highest BCUT2D eigenvalue weighted by Crippen LogP contribution is 2.26. The van der Waals surface area contributed by atoms with Crippen molar-refractivity contribution in [1.82, 2.24) is 4.31 Å². The molecule has 0 saturated carbocycles. The van der Waals surface area contributed by atoms with Gasteiger partial charge in [-0.05, 0) is 24.7 Å². The molecule has 1 fully saturated rings. The Kier molecular flexibility index (Phi) is 6.01. The molecule has 1 unspecified atom stereocenters. The zero-order chi connectivity index (χ0) is 15.4. The lowest BCUT2D eigenvalue weighted by molar-refractivity contribution is -0.141. The Hall–Kier alpha value is -0.620. The zero-order valence-corrected chi connectivity index (χ0v) is 13.8. The van der Waals surface area contributed by atoms with Crippen LogP contribution in [0.15, 0.2) is 0 Å². The molecular weight excluding hydrogens is 278 g/mol. The van der Waals surface area contributed by atoms with Gasteiger partial charge in [-0.3, -0.25) is 4.79 Å². The van der Waals surface area contributed by atoms with E-state index in [0.717, 1.165) is 19.3 Å². The summed E-state index contributed by atoms with van der Waals surface area (Å²) in [5, 5.41) is 0. The third-order valence-corrected chi connectivity index (χ3v) is 5.59. The van der Waals surface area contributed by atoms with E-state index in [1.54, 1.807) is 0 Å². The molecule has 0 aromatic carbocycles. The topological polar surface area (TPSA) is 63.7 Å². The first kappa shape index (κ1) is 17.4. The van der Waals surface area contributed by atoms with Gasteiger partial charge in [-0.15, -0.1) is 0 Å². The number of hydrogen-bond acceptors (Lipinski definition) is 4. The Bertz CT molecular complexity index is 425. The van der Waals surface area contributed by atoms with Crippen LogP contribution in [-0.2, 0) is 19.6 Å². The van der Waals surface area contributed by atoms with Gasteiger partial charge in [0.05, 0.1) is 19.3 Å². The lowest BCUT2D eigenvalue weighted by Gasteiger charge is -2.34. The van der Waals surface area contributed by atoms with Crippen LogP contribution in [0, 0.1) is 5.41 Å². The summed E-state index contributed by atoms with van der Waals surface area (Å²) >= 11 is 0. The van der Waals surface area contributed by atoms with Gasteiger partial charge in [0.15, 0.2) is 0 Å². The summed E-state index contributed by atoms with van der Waals surface area (Å²) in [7, 11) is -1.96. The van der Waals surface area contributed by atoms with Gasteiger partial charge in [-0.1, -0.05) is 27.2 Å². The van der Waals surface area contributed by atoms with Gasteiger partial charge >= 0.3 is 5.97 Å². The highest BCUT2D eigenvalue weighted by Gasteiger charge is 2.34. The summed E-state index contributed by atoms with van der Waals surface area (Å²) in [6.45, 7) is 6.62. The summed E-state index contributed by atoms with van der Waals surface area (Å²) in [6, 6.07) is -0.235. The molecule has 1 aliphatic heterocycles. The molecule has 0 aliphatic carbocycles. The molecule has 0 radical (unpaired) electrons. The molecule has 5 nitrogen and oxygen atoms in total. The van der Waals surface area contributed by atoms with Gasteiger partial charge in [-0.2, -0.15) is 4.31 Å². The molecule has 1 atom stereocenters. The Morgan fingerprint density at radius 3 is 2.50 bits per heavy atom. The second kappa shape index (κ2) is 6.89. The van der Waals surface area contributed by atoms with Crippen LogP contribution >= 0.6 is 0 Å². The van der Waals surface area contributed by atoms with Crippen LogP contribution in [0.1, 0.15) is 52.9 Å². The molecule has 0 N–H and O–H groups in total. The van der Waals surface area contributed by atoms with E-state index in [2.05, 4.69) is 4.74 Å². The van der Waals surface area contributed by atoms with Gasteiger partial charge in [0.1, 0.15) is 0 Å². The van der Waals surface area contributed by atoms with Crippen molar-refractivity contribution < 1.29 is 17.9 Å². The lowest BCUT2D eigenvalue weighted by Crippen LogP contribution is -2.46. The number of piperidine rings is 1. The van der Waals surface area contributed by atoms with E-state index in [9.17, 15) is 13.2 Å². The average Bonchev–Trinajstić information content (AvgIpc) is 2.36. The second-order valence-corrected chi connectivity index (χ2v) is 8.71. The van der Waals surface area contributed by atoms with Crippen molar-refractivity contribution in [3.05, 3.63) is 0 Å². The van der Waals surface area contributed by atoms with E-state index in [0.29, 0.717) is 13.0 Å². The van der Waals surface area contributed by atoms with Gasteiger partial charge in [0.2, 0.25) is 10.0 Å². The predicted molar refractivity (Wildman–Crippen MR) is 78.8 cm³/mol. The summed E-state index contributed by atoms with van der Waals surface area (Å²) in [4.78, 5) is 11.4. The molecule has 1 rings (SSSR count). The summed E-state index contributed by atoms with van der Waals surface area (Å²) < 4.78 is 31.2. The van der Waals surface area contributed by atoms with Gasteiger partial charge in [0, 0.05) is 12.6 Å². The number of sulfonamides is 1. The molecule has 6 heteroatoms. The van der Waals surface area contributed by atoms with Crippen molar-refractivity contribution in [1.29, 1.82) is 0 Å². The van der Waals surface area contributed by atoms with E-state index < -0.39 is 10.0 Å². The summed E-state index contributed by atoms with van der Waals surface area (Å²) in [5.74, 6) is -0.193. The molecule has 0 spiro atoms. The molecular formula is C14H27NO4S. The van der Waals surface area contributed by atoms with Crippen molar-refractivity contribution in [2.45, 2.75) is 58.9 Å². The molecule has 1 aliphatic rings. The highest BCUT2D eigenvalue weighted by atomic mass is 32.2. The minimum atomic E-state index is -3.29. The third kappa shape index (κ3) is 5.40. The fourth-order valence-electron chi connectivity index (χ4n) is 2.37. The smallest absolute Gasteiger partial charge is 0.307 e. The first-order chi connectivity index (χ1) is 9.15. The Morgan fingerprint density at radius 2 is 1.95 bits per heavy atom. The fourth-order valence-corrected chi connectivity index (χ4v) is 4.52. The van der Waals surface area contributed by atoms with E-state index in [1.807, 2.05) is 20.8 Å². The van der Waals surface area contributed by atoms with Crippen LogP contribution in [0.5, 0.6) is 0 Å². The average molecular weight is 305 g/mol. The third-order valence-electron chi connectivity index (χ3n) is 3.67. The Morgan fingerprint density at radius 1 is 1.30 bits per heavy atom. The van der Waals surface area contributed by atoms with Crippen molar-refractivity contribution in [3.8, 4) is 0 Å². The van der Waals surface area contributed by atoms with Crippen LogP contribution in [0.25, 0.3) is 0 Å². The Labute approximate surface area is 122 Å². The first-order valence-corrected chi connectivity index (χ1v) is 8.83. The maximum absolute atomic E-state index is 12.5. The number of carbonyl (C=O) groups excluding carboxylic acids is 1. The first-order valence-electron chi connectivity index (χ1n) is 7.22. The number of hydrogen-bond donors (Lipinski definition) is 0. The van der Waals surface area contributed by atoms with Crippen LogP contribution in [0.3, 0.4) is 0 Å². The normalized spacial score (nSPS) is 21.7. The standard InChI is InChI=1S/C14H27NO4S/c1-14(2,3)8-10-20(17,18)15-9-6-5-7-12(15)11-13(16)19-4/h12H,5-11H2,1-4H3. The maximum Gasteiger partial charge on any atom is 0.307 e. The van der Waals surface area contributed by atoms with Crippen LogP contribution < -0.4 is 0 Å². The number of methoxy groups -OCH3 is 1. The van der Waals surface area contributed by atoms with E-state index in [-0.39, 0.29) is 29.6 Å². The van der Waals surface area contributed by atoms with Gasteiger partial charge < -0.3 is 4.74 Å². The minimum Gasteiger partial charge on any atom is -0.469 e. The minimum absolute atomic E-state index is 0.0132. The largest absolute Gasteiger partial charge is 0.469 e. The van der Waals surface area contributed by atoms with Crippen LogP contribution in [0.2, 0.25) is 0 Å². The Balaban J connectivity index is 2.75. The fraction of sp³-hybridized carbons (Fsp3) is 0.929. The predicted octanol–water partition coefficient (Wildman–Crippen LogP) is 2.17. The second-order valence-electron chi connectivity index (χ2n) is 6.67. The van der Waals surface area contributed by atoms with Gasteiger partial charge in [0.25, 0.3) is 0 Å². The molecule has 118 valence electrons. The van der Waals surface area contributed by atoms with Crippen molar-refractivity contribution in [2.24, 2.45) is 5.41 Å². The summed E-state index contributed by atoms with van der Waals surface area (Å²) in [6.07, 6.45) is 3.35. The highest BCUT2D eigenvalue weighted by molar-refractivity contribution is 7.89. The molecule has 0 aromatic rings. The quantitative estimate of drug-likeness (QED) is 0.730. The number of ether oxygens (including phenoxy) is 1. The summed E-state index contributed by atoms with van der Waals surface area (Å²) in [5.41, 5.74) is -0.0132. The van der Waals surface area contributed by atoms with Crippen molar-refractivity contribution in [2.75, 3.05) is 19.4 Å². The molecule has 1 saturated heterocycles. The van der Waals surface area contributed by atoms with E-state index in [4.69, 9.17) is 0 Å². The zero-order valence-electron chi connectivity index (χ0n) is 13.0. The number of esters is 1. The number of carbonyl (C=O) groups is 1. The monoisotopic (exact) mass is 305 g/mol. The molecule has 0 aromatic heterocycles. The molecule has 20 heavy (non-hydrogen) atoms.